The van der Waals surface area contributed by atoms with E-state index >= 15 is 0 Å². The van der Waals surface area contributed by atoms with Crippen molar-refractivity contribution in [2.75, 3.05) is 20.6 Å². The van der Waals surface area contributed by atoms with Crippen LogP contribution in [0, 0.1) is 11.2 Å². The molecule has 0 atom stereocenters. The quantitative estimate of drug-likeness (QED) is 0.788. The summed E-state index contributed by atoms with van der Waals surface area (Å²) in [6.45, 7) is 6.07. The number of hydrogen-bond donors (Lipinski definition) is 0. The molecule has 0 saturated heterocycles. The summed E-state index contributed by atoms with van der Waals surface area (Å²) in [5.41, 5.74) is 1.65. The monoisotopic (exact) mass is 297 g/mol. The van der Waals surface area contributed by atoms with Crippen LogP contribution in [0.5, 0.6) is 0 Å². The molecule has 5 heteroatoms. The van der Waals surface area contributed by atoms with Crippen molar-refractivity contribution in [2.45, 2.75) is 26.3 Å². The van der Waals surface area contributed by atoms with Crippen LogP contribution in [-0.2, 0) is 12.4 Å². The normalized spacial score (nSPS) is 12.6. The number of benzene rings is 1. The SMILES string of the molecule is CN(C)CC(C)(C)Cn1c(CCl)nc2ccc(F)cc21. The molecule has 20 heavy (non-hydrogen) atoms. The maximum atomic E-state index is 13.5. The summed E-state index contributed by atoms with van der Waals surface area (Å²) < 4.78 is 15.5. The first-order chi connectivity index (χ1) is 9.32. The van der Waals surface area contributed by atoms with Gasteiger partial charge in [0.2, 0.25) is 0 Å². The van der Waals surface area contributed by atoms with E-state index in [2.05, 4.69) is 37.8 Å². The number of fused-ring (bicyclic) bond motifs is 1. The van der Waals surface area contributed by atoms with Gasteiger partial charge in [-0.2, -0.15) is 0 Å². The van der Waals surface area contributed by atoms with Crippen molar-refractivity contribution in [1.29, 1.82) is 0 Å². The lowest BCUT2D eigenvalue weighted by molar-refractivity contribution is 0.212. The molecule has 2 aromatic rings. The summed E-state index contributed by atoms with van der Waals surface area (Å²) in [6, 6.07) is 4.67. The van der Waals surface area contributed by atoms with E-state index in [-0.39, 0.29) is 11.2 Å². The first-order valence-corrected chi connectivity index (χ1v) is 7.21. The minimum atomic E-state index is -0.245. The van der Waals surface area contributed by atoms with Crippen LogP contribution in [0.15, 0.2) is 18.2 Å². The second-order valence-corrected chi connectivity index (χ2v) is 6.55. The van der Waals surface area contributed by atoms with E-state index in [1.54, 1.807) is 6.07 Å². The number of halogens is 2. The highest BCUT2D eigenvalue weighted by molar-refractivity contribution is 6.16. The van der Waals surface area contributed by atoms with Gasteiger partial charge in [0.05, 0.1) is 16.9 Å². The second-order valence-electron chi connectivity index (χ2n) is 6.28. The molecule has 1 aromatic carbocycles. The van der Waals surface area contributed by atoms with E-state index < -0.39 is 0 Å². The zero-order valence-electron chi connectivity index (χ0n) is 12.5. The molecule has 1 heterocycles. The van der Waals surface area contributed by atoms with Gasteiger partial charge in [-0.15, -0.1) is 11.6 Å². The smallest absolute Gasteiger partial charge is 0.125 e. The molecule has 1 aromatic heterocycles. The first-order valence-electron chi connectivity index (χ1n) is 6.68. The molecule has 0 unspecified atom stereocenters. The fourth-order valence-corrected chi connectivity index (χ4v) is 2.96. The summed E-state index contributed by atoms with van der Waals surface area (Å²) >= 11 is 5.99. The summed E-state index contributed by atoms with van der Waals surface area (Å²) in [5, 5.41) is 0. The lowest BCUT2D eigenvalue weighted by Gasteiger charge is -2.29. The lowest BCUT2D eigenvalue weighted by Crippen LogP contribution is -2.32. The van der Waals surface area contributed by atoms with Crippen LogP contribution in [-0.4, -0.2) is 35.1 Å². The second kappa shape index (κ2) is 5.70. The van der Waals surface area contributed by atoms with Gasteiger partial charge in [0.15, 0.2) is 0 Å². The number of nitrogens with zero attached hydrogens (tertiary/aromatic N) is 3. The molecule has 0 aliphatic carbocycles. The van der Waals surface area contributed by atoms with Gasteiger partial charge in [-0.1, -0.05) is 13.8 Å². The molecule has 110 valence electrons. The third kappa shape index (κ3) is 3.30. The minimum absolute atomic E-state index is 0.0459. The largest absolute Gasteiger partial charge is 0.326 e. The van der Waals surface area contributed by atoms with Crippen molar-refractivity contribution >= 4 is 22.6 Å². The van der Waals surface area contributed by atoms with Gasteiger partial charge >= 0.3 is 0 Å². The van der Waals surface area contributed by atoms with Crippen molar-refractivity contribution in [3.63, 3.8) is 0 Å². The molecule has 0 spiro atoms. The highest BCUT2D eigenvalue weighted by atomic mass is 35.5. The predicted molar refractivity (Wildman–Crippen MR) is 81.6 cm³/mol. The maximum absolute atomic E-state index is 13.5. The van der Waals surface area contributed by atoms with E-state index in [0.29, 0.717) is 5.88 Å². The number of imidazole rings is 1. The van der Waals surface area contributed by atoms with E-state index in [1.165, 1.54) is 12.1 Å². The molecule has 0 aliphatic heterocycles. The van der Waals surface area contributed by atoms with Gasteiger partial charge in [0.1, 0.15) is 11.6 Å². The summed E-state index contributed by atoms with van der Waals surface area (Å²) in [4.78, 5) is 6.64. The molecule has 0 fully saturated rings. The topological polar surface area (TPSA) is 21.1 Å². The van der Waals surface area contributed by atoms with Crippen molar-refractivity contribution in [3.05, 3.63) is 29.8 Å². The Hall–Kier alpha value is -1.13. The first kappa shape index (κ1) is 15.3. The third-order valence-electron chi connectivity index (χ3n) is 3.24. The predicted octanol–water partition coefficient (Wildman–Crippen LogP) is 3.50. The fraction of sp³-hybridized carbons (Fsp3) is 0.533. The number of alkyl halides is 1. The van der Waals surface area contributed by atoms with Crippen LogP contribution in [0.2, 0.25) is 0 Å². The Bertz CT molecular complexity index is 604. The molecule has 0 radical (unpaired) electrons. The Balaban J connectivity index is 2.44. The van der Waals surface area contributed by atoms with E-state index in [0.717, 1.165) is 29.9 Å². The van der Waals surface area contributed by atoms with Gasteiger partial charge < -0.3 is 9.47 Å². The van der Waals surface area contributed by atoms with Gasteiger partial charge in [0, 0.05) is 13.1 Å². The van der Waals surface area contributed by atoms with Crippen molar-refractivity contribution in [1.82, 2.24) is 14.5 Å². The van der Waals surface area contributed by atoms with Gasteiger partial charge in [-0.05, 0) is 37.7 Å². The van der Waals surface area contributed by atoms with Crippen LogP contribution < -0.4 is 0 Å². The van der Waals surface area contributed by atoms with E-state index in [1.807, 2.05) is 4.57 Å². The Morgan fingerprint density at radius 2 is 2.05 bits per heavy atom. The molecular formula is C15H21ClFN3. The van der Waals surface area contributed by atoms with Crippen molar-refractivity contribution in [2.24, 2.45) is 5.41 Å². The molecular weight excluding hydrogens is 277 g/mol. The average Bonchev–Trinajstić information content (AvgIpc) is 2.65. The Morgan fingerprint density at radius 1 is 1.35 bits per heavy atom. The fourth-order valence-electron chi connectivity index (χ4n) is 2.76. The highest BCUT2D eigenvalue weighted by Crippen LogP contribution is 2.25. The van der Waals surface area contributed by atoms with E-state index in [4.69, 9.17) is 11.6 Å². The molecule has 3 nitrogen and oxygen atoms in total. The Morgan fingerprint density at radius 3 is 2.65 bits per heavy atom. The van der Waals surface area contributed by atoms with Crippen molar-refractivity contribution in [3.8, 4) is 0 Å². The Labute approximate surface area is 124 Å². The van der Waals surface area contributed by atoms with Gasteiger partial charge in [-0.3, -0.25) is 0 Å². The maximum Gasteiger partial charge on any atom is 0.125 e. The minimum Gasteiger partial charge on any atom is -0.326 e. The average molecular weight is 298 g/mol. The standard InChI is InChI=1S/C15H21ClFN3/c1-15(2,9-19(3)4)10-20-13-7-11(17)5-6-12(13)18-14(20)8-16/h5-7H,8-10H2,1-4H3. The zero-order valence-corrected chi connectivity index (χ0v) is 13.2. The summed E-state index contributed by atoms with van der Waals surface area (Å²) in [5.74, 6) is 0.873. The van der Waals surface area contributed by atoms with Crippen LogP contribution in [0.1, 0.15) is 19.7 Å². The summed E-state index contributed by atoms with van der Waals surface area (Å²) in [7, 11) is 4.10. The third-order valence-corrected chi connectivity index (χ3v) is 3.48. The molecule has 0 bridgehead atoms. The van der Waals surface area contributed by atoms with Crippen LogP contribution in [0.3, 0.4) is 0 Å². The number of hydrogen-bond acceptors (Lipinski definition) is 2. The molecule has 0 aliphatic rings. The molecule has 0 N–H and O–H groups in total. The number of aromatic nitrogens is 2. The van der Waals surface area contributed by atoms with E-state index in [9.17, 15) is 4.39 Å². The van der Waals surface area contributed by atoms with Crippen LogP contribution in [0.25, 0.3) is 11.0 Å². The molecule has 0 saturated carbocycles. The Kier molecular flexibility index (Phi) is 4.35. The van der Waals surface area contributed by atoms with Crippen LogP contribution >= 0.6 is 11.6 Å². The van der Waals surface area contributed by atoms with Gasteiger partial charge in [-0.25, -0.2) is 9.37 Å². The van der Waals surface area contributed by atoms with Crippen molar-refractivity contribution < 1.29 is 4.39 Å². The van der Waals surface area contributed by atoms with Gasteiger partial charge in [0.25, 0.3) is 0 Å². The molecule has 0 amide bonds. The number of rotatable bonds is 5. The lowest BCUT2D eigenvalue weighted by atomic mass is 9.92. The zero-order chi connectivity index (χ0) is 14.9. The summed E-state index contributed by atoms with van der Waals surface area (Å²) in [6.07, 6.45) is 0. The highest BCUT2D eigenvalue weighted by Gasteiger charge is 2.22. The molecule has 2 rings (SSSR count). The van der Waals surface area contributed by atoms with Crippen LogP contribution in [0.4, 0.5) is 4.39 Å².